The maximum absolute atomic E-state index is 6.06. The highest BCUT2D eigenvalue weighted by atomic mass is 35.5. The second-order valence-corrected chi connectivity index (χ2v) is 4.36. The largest absolute Gasteiger partial charge is 0.475 e. The lowest BCUT2D eigenvalue weighted by Crippen LogP contribution is -2.22. The van der Waals surface area contributed by atoms with Crippen LogP contribution in [0, 0.1) is 0 Å². The van der Waals surface area contributed by atoms with Gasteiger partial charge in [0.15, 0.2) is 0 Å². The SMILES string of the molecule is COCCOc1ccc(Cl)c(CNC(C)C)n1. The minimum absolute atomic E-state index is 0.394. The molecule has 96 valence electrons. The molecule has 0 saturated carbocycles. The summed E-state index contributed by atoms with van der Waals surface area (Å²) in [5, 5.41) is 3.92. The molecule has 0 fully saturated rings. The lowest BCUT2D eigenvalue weighted by Gasteiger charge is -2.10. The van der Waals surface area contributed by atoms with Gasteiger partial charge in [0, 0.05) is 25.8 Å². The Morgan fingerprint density at radius 1 is 1.35 bits per heavy atom. The van der Waals surface area contributed by atoms with Crippen molar-refractivity contribution >= 4 is 11.6 Å². The predicted octanol–water partition coefficient (Wildman–Crippen LogP) is 2.26. The van der Waals surface area contributed by atoms with Crippen molar-refractivity contribution in [2.75, 3.05) is 20.3 Å². The second-order valence-electron chi connectivity index (χ2n) is 3.95. The van der Waals surface area contributed by atoms with Gasteiger partial charge in [-0.2, -0.15) is 0 Å². The summed E-state index contributed by atoms with van der Waals surface area (Å²) < 4.78 is 10.3. The highest BCUT2D eigenvalue weighted by Gasteiger charge is 2.05. The van der Waals surface area contributed by atoms with Crippen molar-refractivity contribution in [1.82, 2.24) is 10.3 Å². The van der Waals surface area contributed by atoms with Crippen LogP contribution in [0.5, 0.6) is 5.88 Å². The summed E-state index contributed by atoms with van der Waals surface area (Å²) in [6, 6.07) is 3.95. The van der Waals surface area contributed by atoms with E-state index < -0.39 is 0 Å². The van der Waals surface area contributed by atoms with Gasteiger partial charge >= 0.3 is 0 Å². The molecule has 1 rings (SSSR count). The molecule has 1 aromatic rings. The lowest BCUT2D eigenvalue weighted by atomic mass is 10.3. The first-order chi connectivity index (χ1) is 8.13. The van der Waals surface area contributed by atoms with Crippen molar-refractivity contribution in [1.29, 1.82) is 0 Å². The molecule has 0 unspecified atom stereocenters. The molecule has 0 bridgehead atoms. The van der Waals surface area contributed by atoms with Crippen LogP contribution in [0.1, 0.15) is 19.5 Å². The Morgan fingerprint density at radius 3 is 2.76 bits per heavy atom. The van der Waals surface area contributed by atoms with Gasteiger partial charge in [0.1, 0.15) is 6.61 Å². The summed E-state index contributed by atoms with van der Waals surface area (Å²) in [7, 11) is 1.64. The number of pyridine rings is 1. The van der Waals surface area contributed by atoms with Crippen LogP contribution in [0.25, 0.3) is 0 Å². The number of nitrogens with zero attached hydrogens (tertiary/aromatic N) is 1. The fourth-order valence-corrected chi connectivity index (χ4v) is 1.37. The van der Waals surface area contributed by atoms with Crippen molar-refractivity contribution in [2.45, 2.75) is 26.4 Å². The van der Waals surface area contributed by atoms with Gasteiger partial charge in [-0.15, -0.1) is 0 Å². The number of hydrogen-bond acceptors (Lipinski definition) is 4. The summed E-state index contributed by atoms with van der Waals surface area (Å²) in [6.45, 7) is 5.82. The molecule has 0 amide bonds. The van der Waals surface area contributed by atoms with E-state index in [2.05, 4.69) is 24.1 Å². The van der Waals surface area contributed by atoms with Crippen molar-refractivity contribution in [3.05, 3.63) is 22.8 Å². The van der Waals surface area contributed by atoms with Gasteiger partial charge in [-0.3, -0.25) is 0 Å². The van der Waals surface area contributed by atoms with Crippen LogP contribution < -0.4 is 10.1 Å². The molecule has 0 aliphatic rings. The lowest BCUT2D eigenvalue weighted by molar-refractivity contribution is 0.143. The summed E-state index contributed by atoms with van der Waals surface area (Å²) in [5.74, 6) is 0.576. The van der Waals surface area contributed by atoms with Gasteiger partial charge in [0.05, 0.1) is 17.3 Å². The first-order valence-corrected chi connectivity index (χ1v) is 6.02. The molecule has 0 saturated heterocycles. The molecule has 1 N–H and O–H groups in total. The summed E-state index contributed by atoms with van der Waals surface area (Å²) >= 11 is 6.06. The van der Waals surface area contributed by atoms with Gasteiger partial charge in [0.2, 0.25) is 5.88 Å². The van der Waals surface area contributed by atoms with E-state index in [1.54, 1.807) is 19.2 Å². The number of rotatable bonds is 7. The maximum atomic E-state index is 6.06. The molecule has 0 aromatic carbocycles. The Hall–Kier alpha value is -0.840. The zero-order valence-electron chi connectivity index (χ0n) is 10.5. The standard InChI is InChI=1S/C12H19ClN2O2/c1-9(2)14-8-11-10(13)4-5-12(15-11)17-7-6-16-3/h4-5,9,14H,6-8H2,1-3H3. The molecule has 0 spiro atoms. The number of aromatic nitrogens is 1. The molecule has 0 atom stereocenters. The van der Waals surface area contributed by atoms with Crippen LogP contribution in [0.4, 0.5) is 0 Å². The van der Waals surface area contributed by atoms with E-state index in [-0.39, 0.29) is 0 Å². The molecule has 0 aliphatic carbocycles. The fraction of sp³-hybridized carbons (Fsp3) is 0.583. The molecule has 1 aromatic heterocycles. The topological polar surface area (TPSA) is 43.4 Å². The van der Waals surface area contributed by atoms with Crippen LogP contribution in [0.3, 0.4) is 0 Å². The third-order valence-corrected chi connectivity index (χ3v) is 2.45. The normalized spacial score (nSPS) is 10.9. The fourth-order valence-electron chi connectivity index (χ4n) is 1.20. The Bertz CT molecular complexity index is 345. The van der Waals surface area contributed by atoms with Crippen LogP contribution in [-0.2, 0) is 11.3 Å². The number of methoxy groups -OCH3 is 1. The molecule has 17 heavy (non-hydrogen) atoms. The minimum atomic E-state index is 0.394. The Kier molecular flexibility index (Phi) is 6.26. The van der Waals surface area contributed by atoms with Crippen LogP contribution in [-0.4, -0.2) is 31.3 Å². The van der Waals surface area contributed by atoms with Gasteiger partial charge in [-0.05, 0) is 6.07 Å². The highest BCUT2D eigenvalue weighted by molar-refractivity contribution is 6.31. The van der Waals surface area contributed by atoms with E-state index in [1.807, 2.05) is 0 Å². The maximum Gasteiger partial charge on any atom is 0.213 e. The van der Waals surface area contributed by atoms with Crippen molar-refractivity contribution in [3.8, 4) is 5.88 Å². The summed E-state index contributed by atoms with van der Waals surface area (Å²) in [5.41, 5.74) is 0.801. The van der Waals surface area contributed by atoms with Crippen LogP contribution in [0.2, 0.25) is 5.02 Å². The Labute approximate surface area is 107 Å². The predicted molar refractivity (Wildman–Crippen MR) is 68.6 cm³/mol. The Morgan fingerprint density at radius 2 is 2.12 bits per heavy atom. The van der Waals surface area contributed by atoms with Gasteiger partial charge in [0.25, 0.3) is 0 Å². The first kappa shape index (κ1) is 14.2. The quantitative estimate of drug-likeness (QED) is 0.762. The van der Waals surface area contributed by atoms with E-state index in [0.717, 1.165) is 5.69 Å². The molecular formula is C12H19ClN2O2. The zero-order valence-corrected chi connectivity index (χ0v) is 11.3. The van der Waals surface area contributed by atoms with E-state index in [9.17, 15) is 0 Å². The minimum Gasteiger partial charge on any atom is -0.475 e. The molecule has 4 nitrogen and oxygen atoms in total. The van der Waals surface area contributed by atoms with E-state index in [0.29, 0.717) is 36.7 Å². The van der Waals surface area contributed by atoms with Gasteiger partial charge in [-0.25, -0.2) is 4.98 Å². The van der Waals surface area contributed by atoms with Gasteiger partial charge in [-0.1, -0.05) is 25.4 Å². The monoisotopic (exact) mass is 258 g/mol. The third-order valence-electron chi connectivity index (χ3n) is 2.11. The van der Waals surface area contributed by atoms with E-state index >= 15 is 0 Å². The van der Waals surface area contributed by atoms with Crippen molar-refractivity contribution in [3.63, 3.8) is 0 Å². The molecule has 5 heteroatoms. The first-order valence-electron chi connectivity index (χ1n) is 5.64. The molecule has 0 aliphatic heterocycles. The average molecular weight is 259 g/mol. The number of hydrogen-bond donors (Lipinski definition) is 1. The molecule has 1 heterocycles. The highest BCUT2D eigenvalue weighted by Crippen LogP contribution is 2.18. The smallest absolute Gasteiger partial charge is 0.213 e. The average Bonchev–Trinajstić information content (AvgIpc) is 2.29. The van der Waals surface area contributed by atoms with Crippen molar-refractivity contribution in [2.24, 2.45) is 0 Å². The number of nitrogens with one attached hydrogen (secondary N) is 1. The summed E-state index contributed by atoms with van der Waals surface area (Å²) in [6.07, 6.45) is 0. The summed E-state index contributed by atoms with van der Waals surface area (Å²) in [4.78, 5) is 4.34. The molecule has 0 radical (unpaired) electrons. The Balaban J connectivity index is 2.59. The van der Waals surface area contributed by atoms with Gasteiger partial charge < -0.3 is 14.8 Å². The van der Waals surface area contributed by atoms with E-state index in [1.165, 1.54) is 0 Å². The number of ether oxygens (including phenoxy) is 2. The van der Waals surface area contributed by atoms with Crippen molar-refractivity contribution < 1.29 is 9.47 Å². The van der Waals surface area contributed by atoms with E-state index in [4.69, 9.17) is 21.1 Å². The number of halogens is 1. The third kappa shape index (κ3) is 5.35. The second kappa shape index (κ2) is 7.48. The zero-order chi connectivity index (χ0) is 12.7. The van der Waals surface area contributed by atoms with Crippen LogP contribution >= 0.6 is 11.6 Å². The molecular weight excluding hydrogens is 240 g/mol. The van der Waals surface area contributed by atoms with Crippen LogP contribution in [0.15, 0.2) is 12.1 Å².